The van der Waals surface area contributed by atoms with Gasteiger partial charge in [-0.15, -0.1) is 0 Å². The normalized spacial score (nSPS) is 21.3. The molecule has 1 aromatic heterocycles. The molecule has 1 saturated heterocycles. The molecular formula is C15H24N4O3. The van der Waals surface area contributed by atoms with Gasteiger partial charge in [-0.2, -0.15) is 5.10 Å². The van der Waals surface area contributed by atoms with Crippen molar-refractivity contribution in [2.24, 2.45) is 5.73 Å². The lowest BCUT2D eigenvalue weighted by atomic mass is 9.92. The summed E-state index contributed by atoms with van der Waals surface area (Å²) < 4.78 is 7.07. The quantitative estimate of drug-likeness (QED) is 0.792. The summed E-state index contributed by atoms with van der Waals surface area (Å²) in [5, 5.41) is 4.18. The molecule has 0 unspecified atom stereocenters. The van der Waals surface area contributed by atoms with E-state index in [9.17, 15) is 9.59 Å². The lowest BCUT2D eigenvalue weighted by Gasteiger charge is -2.37. The van der Waals surface area contributed by atoms with Crippen LogP contribution in [0.25, 0.3) is 0 Å². The number of primary amides is 1. The Bertz CT molecular complexity index is 543. The zero-order valence-corrected chi connectivity index (χ0v) is 13.2. The molecule has 1 aliphatic rings. The molecule has 0 bridgehead atoms. The van der Waals surface area contributed by atoms with Crippen molar-refractivity contribution in [2.45, 2.75) is 44.7 Å². The molecule has 1 atom stereocenters. The van der Waals surface area contributed by atoms with Gasteiger partial charge in [-0.25, -0.2) is 0 Å². The summed E-state index contributed by atoms with van der Waals surface area (Å²) in [6.45, 7) is 3.47. The lowest BCUT2D eigenvalue weighted by Crippen LogP contribution is -2.52. The van der Waals surface area contributed by atoms with Gasteiger partial charge in [0.25, 0.3) is 0 Å². The van der Waals surface area contributed by atoms with Crippen molar-refractivity contribution in [1.29, 1.82) is 0 Å². The number of likely N-dealkylation sites (tertiary alicyclic amines) is 1. The van der Waals surface area contributed by atoms with Gasteiger partial charge >= 0.3 is 0 Å². The molecule has 7 nitrogen and oxygen atoms in total. The maximum absolute atomic E-state index is 12.6. The van der Waals surface area contributed by atoms with Crippen LogP contribution in [0.1, 0.15) is 31.4 Å². The van der Waals surface area contributed by atoms with Gasteiger partial charge in [-0.1, -0.05) is 0 Å². The maximum Gasteiger partial charge on any atom is 0.224 e. The number of nitrogens with zero attached hydrogens (tertiary/aromatic N) is 3. The van der Waals surface area contributed by atoms with Crippen molar-refractivity contribution in [3.05, 3.63) is 18.0 Å². The topological polar surface area (TPSA) is 90.5 Å². The van der Waals surface area contributed by atoms with Crippen molar-refractivity contribution in [1.82, 2.24) is 14.7 Å². The Hall–Kier alpha value is -1.89. The van der Waals surface area contributed by atoms with E-state index in [0.717, 1.165) is 18.5 Å². The molecular weight excluding hydrogens is 284 g/mol. The van der Waals surface area contributed by atoms with Crippen LogP contribution in [-0.4, -0.2) is 52.3 Å². The van der Waals surface area contributed by atoms with Crippen molar-refractivity contribution in [3.63, 3.8) is 0 Å². The van der Waals surface area contributed by atoms with Gasteiger partial charge in [-0.3, -0.25) is 14.3 Å². The van der Waals surface area contributed by atoms with Crippen LogP contribution >= 0.6 is 0 Å². The highest BCUT2D eigenvalue weighted by atomic mass is 16.5. The first kappa shape index (κ1) is 16.5. The molecule has 0 saturated carbocycles. The standard InChI is InChI=1S/C15H24N4O3/c1-12-4-7-17-19(12)9-5-14(21)18-8-3-6-15(18,11-22-2)10-13(16)20/h4,7H,3,5-6,8-11H2,1-2H3,(H2,16,20)/t15-/m1/s1. The molecule has 0 spiro atoms. The van der Waals surface area contributed by atoms with Gasteiger partial charge in [0.2, 0.25) is 11.8 Å². The van der Waals surface area contributed by atoms with Crippen LogP contribution in [0.2, 0.25) is 0 Å². The molecule has 0 aromatic carbocycles. The van der Waals surface area contributed by atoms with Crippen LogP contribution in [0, 0.1) is 6.92 Å². The van der Waals surface area contributed by atoms with E-state index in [2.05, 4.69) is 5.10 Å². The Morgan fingerprint density at radius 3 is 2.86 bits per heavy atom. The largest absolute Gasteiger partial charge is 0.382 e. The number of aromatic nitrogens is 2. The molecule has 2 N–H and O–H groups in total. The van der Waals surface area contributed by atoms with Crippen LogP contribution in [0.5, 0.6) is 0 Å². The van der Waals surface area contributed by atoms with E-state index in [1.165, 1.54) is 0 Å². The number of nitrogens with two attached hydrogens (primary N) is 1. The maximum atomic E-state index is 12.6. The second-order valence-corrected chi connectivity index (χ2v) is 5.90. The molecule has 2 rings (SSSR count). The van der Waals surface area contributed by atoms with E-state index in [4.69, 9.17) is 10.5 Å². The van der Waals surface area contributed by atoms with E-state index >= 15 is 0 Å². The monoisotopic (exact) mass is 308 g/mol. The Morgan fingerprint density at radius 2 is 2.27 bits per heavy atom. The minimum atomic E-state index is -0.586. The molecule has 0 radical (unpaired) electrons. The Morgan fingerprint density at radius 1 is 1.50 bits per heavy atom. The van der Waals surface area contributed by atoms with E-state index in [0.29, 0.717) is 26.1 Å². The highest BCUT2D eigenvalue weighted by Gasteiger charge is 2.44. The molecule has 122 valence electrons. The molecule has 22 heavy (non-hydrogen) atoms. The number of carbonyl (C=O) groups excluding carboxylic acids is 2. The van der Waals surface area contributed by atoms with E-state index in [1.807, 2.05) is 13.0 Å². The summed E-state index contributed by atoms with van der Waals surface area (Å²) >= 11 is 0. The number of carbonyl (C=O) groups is 2. The fourth-order valence-corrected chi connectivity index (χ4v) is 3.27. The number of aryl methyl sites for hydroxylation is 2. The summed E-state index contributed by atoms with van der Waals surface area (Å²) in [6, 6.07) is 1.91. The Labute approximate surface area is 130 Å². The SMILES string of the molecule is COC[C@]1(CC(N)=O)CCCN1C(=O)CCn1nccc1C. The van der Waals surface area contributed by atoms with Crippen molar-refractivity contribution in [2.75, 3.05) is 20.3 Å². The van der Waals surface area contributed by atoms with E-state index in [1.54, 1.807) is 22.9 Å². The summed E-state index contributed by atoms with van der Waals surface area (Å²) in [7, 11) is 1.58. The predicted octanol–water partition coefficient (Wildman–Crippen LogP) is 0.465. The van der Waals surface area contributed by atoms with Crippen molar-refractivity contribution < 1.29 is 14.3 Å². The molecule has 1 aromatic rings. The number of ether oxygens (including phenoxy) is 1. The van der Waals surface area contributed by atoms with Gasteiger partial charge in [0.1, 0.15) is 0 Å². The molecule has 0 aliphatic carbocycles. The minimum absolute atomic E-state index is 0.0192. The third-order valence-electron chi connectivity index (χ3n) is 4.28. The second-order valence-electron chi connectivity index (χ2n) is 5.90. The first-order valence-corrected chi connectivity index (χ1v) is 7.55. The fourth-order valence-electron chi connectivity index (χ4n) is 3.27. The number of rotatable bonds is 7. The van der Waals surface area contributed by atoms with Crippen LogP contribution in [0.15, 0.2) is 12.3 Å². The highest BCUT2D eigenvalue weighted by Crippen LogP contribution is 2.33. The summed E-state index contributed by atoms with van der Waals surface area (Å²) in [6.07, 6.45) is 3.83. The fraction of sp³-hybridized carbons (Fsp3) is 0.667. The number of hydrogen-bond acceptors (Lipinski definition) is 4. The van der Waals surface area contributed by atoms with E-state index in [-0.39, 0.29) is 12.3 Å². The third-order valence-corrected chi connectivity index (χ3v) is 4.28. The highest BCUT2D eigenvalue weighted by molar-refractivity contribution is 5.80. The molecule has 2 heterocycles. The van der Waals surface area contributed by atoms with E-state index < -0.39 is 11.4 Å². The predicted molar refractivity (Wildman–Crippen MR) is 80.9 cm³/mol. The van der Waals surface area contributed by atoms with Crippen LogP contribution in [0.4, 0.5) is 0 Å². The number of hydrogen-bond donors (Lipinski definition) is 1. The van der Waals surface area contributed by atoms with Gasteiger partial charge in [0, 0.05) is 38.5 Å². The minimum Gasteiger partial charge on any atom is -0.382 e. The van der Waals surface area contributed by atoms with Crippen molar-refractivity contribution >= 4 is 11.8 Å². The van der Waals surface area contributed by atoms with Gasteiger partial charge < -0.3 is 15.4 Å². The summed E-state index contributed by atoms with van der Waals surface area (Å²) in [5.41, 5.74) is 5.81. The Balaban J connectivity index is 2.05. The second kappa shape index (κ2) is 6.91. The zero-order valence-electron chi connectivity index (χ0n) is 13.2. The lowest BCUT2D eigenvalue weighted by molar-refractivity contribution is -0.139. The van der Waals surface area contributed by atoms with Gasteiger partial charge in [-0.05, 0) is 25.8 Å². The van der Waals surface area contributed by atoms with Crippen LogP contribution in [0.3, 0.4) is 0 Å². The van der Waals surface area contributed by atoms with Gasteiger partial charge in [0.05, 0.1) is 18.6 Å². The summed E-state index contributed by atoms with van der Waals surface area (Å²) in [5.74, 6) is -0.384. The van der Waals surface area contributed by atoms with Crippen LogP contribution < -0.4 is 5.73 Å². The number of methoxy groups -OCH3 is 1. The molecule has 1 fully saturated rings. The first-order valence-electron chi connectivity index (χ1n) is 7.55. The number of amides is 2. The average Bonchev–Trinajstić information content (AvgIpc) is 3.03. The smallest absolute Gasteiger partial charge is 0.224 e. The Kier molecular flexibility index (Phi) is 5.18. The average molecular weight is 308 g/mol. The third kappa shape index (κ3) is 3.47. The molecule has 7 heteroatoms. The van der Waals surface area contributed by atoms with Gasteiger partial charge in [0.15, 0.2) is 0 Å². The van der Waals surface area contributed by atoms with Crippen molar-refractivity contribution in [3.8, 4) is 0 Å². The van der Waals surface area contributed by atoms with Crippen LogP contribution in [-0.2, 0) is 20.9 Å². The molecule has 1 aliphatic heterocycles. The first-order chi connectivity index (χ1) is 10.5. The summed E-state index contributed by atoms with van der Waals surface area (Å²) in [4.78, 5) is 25.8. The molecule has 2 amide bonds. The zero-order chi connectivity index (χ0) is 16.2.